The quantitative estimate of drug-likeness (QED) is 0.501. The Kier molecular flexibility index (Phi) is 2.21. The van der Waals surface area contributed by atoms with Gasteiger partial charge in [-0.15, -0.1) is 0 Å². The van der Waals surface area contributed by atoms with Crippen molar-refractivity contribution in [2.24, 2.45) is 0 Å². The van der Waals surface area contributed by atoms with E-state index in [9.17, 15) is 9.18 Å². The van der Waals surface area contributed by atoms with Crippen LogP contribution in [0.4, 0.5) is 4.39 Å². The minimum Gasteiger partial charge on any atom is -0.467 e. The van der Waals surface area contributed by atoms with Crippen molar-refractivity contribution >= 4 is 5.97 Å². The first-order valence-corrected chi connectivity index (χ1v) is 3.07. The van der Waals surface area contributed by atoms with Gasteiger partial charge in [-0.1, -0.05) is 0 Å². The van der Waals surface area contributed by atoms with Crippen LogP contribution in [0.3, 0.4) is 0 Å². The van der Waals surface area contributed by atoms with Gasteiger partial charge in [-0.2, -0.15) is 0 Å². The first-order valence-electron chi connectivity index (χ1n) is 3.07. The Hall–Kier alpha value is -0.640. The molecule has 3 nitrogen and oxygen atoms in total. The Morgan fingerprint density at radius 3 is 2.90 bits per heavy atom. The molecule has 1 fully saturated rings. The van der Waals surface area contributed by atoms with Crippen LogP contribution in [0.5, 0.6) is 0 Å². The highest BCUT2D eigenvalue weighted by Crippen LogP contribution is 2.16. The highest BCUT2D eigenvalue weighted by Gasteiger charge is 2.31. The number of carbonyl (C=O) groups is 1. The molecule has 1 aliphatic heterocycles. The van der Waals surface area contributed by atoms with Crippen molar-refractivity contribution in [3.8, 4) is 0 Å². The summed E-state index contributed by atoms with van der Waals surface area (Å²) < 4.78 is 21.5. The summed E-state index contributed by atoms with van der Waals surface area (Å²) in [6.07, 6.45) is -1.56. The number of esters is 1. The fourth-order valence-corrected chi connectivity index (χ4v) is 0.885. The summed E-state index contributed by atoms with van der Waals surface area (Å²) in [5.41, 5.74) is 0. The molecule has 1 aliphatic rings. The highest BCUT2D eigenvalue weighted by molar-refractivity contribution is 5.74. The lowest BCUT2D eigenvalue weighted by atomic mass is 10.2. The number of ether oxygens (including phenoxy) is 2. The zero-order valence-electron chi connectivity index (χ0n) is 5.67. The third-order valence-corrected chi connectivity index (χ3v) is 1.41. The number of rotatable bonds is 1. The van der Waals surface area contributed by atoms with E-state index in [1.807, 2.05) is 0 Å². The van der Waals surface area contributed by atoms with Crippen LogP contribution in [0.15, 0.2) is 0 Å². The predicted octanol–water partition coefficient (Wildman–Crippen LogP) is 0.286. The summed E-state index contributed by atoms with van der Waals surface area (Å²) in [4.78, 5) is 10.6. The lowest BCUT2D eigenvalue weighted by Gasteiger charge is -2.03. The van der Waals surface area contributed by atoms with Gasteiger partial charge in [0.25, 0.3) is 0 Å². The van der Waals surface area contributed by atoms with Crippen molar-refractivity contribution in [1.29, 1.82) is 0 Å². The largest absolute Gasteiger partial charge is 0.467 e. The monoisotopic (exact) mass is 148 g/mol. The maximum Gasteiger partial charge on any atom is 0.335 e. The van der Waals surface area contributed by atoms with Gasteiger partial charge in [-0.25, -0.2) is 9.18 Å². The average Bonchev–Trinajstić information content (AvgIpc) is 2.34. The second kappa shape index (κ2) is 2.96. The second-order valence-electron chi connectivity index (χ2n) is 2.18. The van der Waals surface area contributed by atoms with Crippen LogP contribution in [0.2, 0.25) is 0 Å². The van der Waals surface area contributed by atoms with Gasteiger partial charge in [0, 0.05) is 6.42 Å². The SMILES string of the molecule is COC(=O)C1CC(F)CO1. The predicted molar refractivity (Wildman–Crippen MR) is 31.3 cm³/mol. The number of hydrogen-bond donors (Lipinski definition) is 0. The zero-order chi connectivity index (χ0) is 7.56. The van der Waals surface area contributed by atoms with Crippen molar-refractivity contribution in [2.75, 3.05) is 13.7 Å². The normalized spacial score (nSPS) is 32.2. The zero-order valence-corrected chi connectivity index (χ0v) is 5.67. The number of carbonyl (C=O) groups excluding carboxylic acids is 1. The standard InChI is InChI=1S/C6H9FO3/c1-9-6(8)5-2-4(7)3-10-5/h4-5H,2-3H2,1H3. The van der Waals surface area contributed by atoms with E-state index in [4.69, 9.17) is 4.74 Å². The van der Waals surface area contributed by atoms with E-state index in [-0.39, 0.29) is 13.0 Å². The van der Waals surface area contributed by atoms with Gasteiger partial charge in [0.2, 0.25) is 0 Å². The Bertz CT molecular complexity index is 137. The van der Waals surface area contributed by atoms with E-state index in [1.54, 1.807) is 0 Å². The number of hydrogen-bond acceptors (Lipinski definition) is 3. The molecule has 2 atom stereocenters. The third-order valence-electron chi connectivity index (χ3n) is 1.41. The minimum atomic E-state index is -1.01. The van der Waals surface area contributed by atoms with Gasteiger partial charge in [0.1, 0.15) is 6.17 Å². The maximum atomic E-state index is 12.3. The van der Waals surface area contributed by atoms with E-state index in [0.29, 0.717) is 0 Å². The molecular formula is C6H9FO3. The highest BCUT2D eigenvalue weighted by atomic mass is 19.1. The fourth-order valence-electron chi connectivity index (χ4n) is 0.885. The van der Waals surface area contributed by atoms with Crippen LogP contribution < -0.4 is 0 Å². The van der Waals surface area contributed by atoms with E-state index in [1.165, 1.54) is 7.11 Å². The Balaban J connectivity index is 2.37. The van der Waals surface area contributed by atoms with Crippen molar-refractivity contribution < 1.29 is 18.7 Å². The summed E-state index contributed by atoms with van der Waals surface area (Å²) in [6.45, 7) is 0.0137. The van der Waals surface area contributed by atoms with E-state index >= 15 is 0 Å². The molecule has 58 valence electrons. The van der Waals surface area contributed by atoms with Gasteiger partial charge in [0.05, 0.1) is 13.7 Å². The van der Waals surface area contributed by atoms with E-state index in [2.05, 4.69) is 4.74 Å². The van der Waals surface area contributed by atoms with Crippen molar-refractivity contribution in [3.05, 3.63) is 0 Å². The number of alkyl halides is 1. The first-order chi connectivity index (χ1) is 4.74. The van der Waals surface area contributed by atoms with Crippen LogP contribution in [-0.2, 0) is 14.3 Å². The number of methoxy groups -OCH3 is 1. The topological polar surface area (TPSA) is 35.5 Å². The van der Waals surface area contributed by atoms with E-state index < -0.39 is 18.2 Å². The molecule has 2 unspecified atom stereocenters. The average molecular weight is 148 g/mol. The van der Waals surface area contributed by atoms with Crippen molar-refractivity contribution in [3.63, 3.8) is 0 Å². The van der Waals surface area contributed by atoms with Gasteiger partial charge < -0.3 is 9.47 Å². The van der Waals surface area contributed by atoms with Crippen LogP contribution in [0.25, 0.3) is 0 Å². The molecule has 0 aliphatic carbocycles. The van der Waals surface area contributed by atoms with Crippen molar-refractivity contribution in [2.45, 2.75) is 18.7 Å². The lowest BCUT2D eigenvalue weighted by molar-refractivity contribution is -0.151. The molecule has 0 bridgehead atoms. The summed E-state index contributed by atoms with van der Waals surface area (Å²) in [5.74, 6) is -0.486. The van der Waals surface area contributed by atoms with Crippen LogP contribution in [0.1, 0.15) is 6.42 Å². The molecule has 0 radical (unpaired) electrons. The molecule has 0 aromatic carbocycles. The van der Waals surface area contributed by atoms with Gasteiger partial charge >= 0.3 is 5.97 Å². The number of halogens is 1. The first kappa shape index (κ1) is 7.47. The molecule has 1 heterocycles. The Morgan fingerprint density at radius 1 is 1.80 bits per heavy atom. The van der Waals surface area contributed by atoms with Gasteiger partial charge in [-0.3, -0.25) is 0 Å². The summed E-state index contributed by atoms with van der Waals surface area (Å²) in [5, 5.41) is 0. The maximum absolute atomic E-state index is 12.3. The Morgan fingerprint density at radius 2 is 2.50 bits per heavy atom. The lowest BCUT2D eigenvalue weighted by Crippen LogP contribution is -2.20. The molecule has 1 rings (SSSR count). The van der Waals surface area contributed by atoms with E-state index in [0.717, 1.165) is 0 Å². The fraction of sp³-hybridized carbons (Fsp3) is 0.833. The molecule has 0 N–H and O–H groups in total. The summed E-state index contributed by atoms with van der Waals surface area (Å²) in [7, 11) is 1.26. The smallest absolute Gasteiger partial charge is 0.335 e. The van der Waals surface area contributed by atoms with Gasteiger partial charge in [0.15, 0.2) is 6.10 Å². The molecule has 0 amide bonds. The van der Waals surface area contributed by atoms with Crippen LogP contribution >= 0.6 is 0 Å². The molecule has 0 spiro atoms. The molecule has 0 aromatic heterocycles. The summed E-state index contributed by atoms with van der Waals surface area (Å²) in [6, 6.07) is 0. The molecule has 10 heavy (non-hydrogen) atoms. The summed E-state index contributed by atoms with van der Waals surface area (Å²) >= 11 is 0. The third kappa shape index (κ3) is 1.44. The molecule has 4 heteroatoms. The molecular weight excluding hydrogens is 139 g/mol. The molecule has 0 saturated carbocycles. The minimum absolute atomic E-state index is 0.0137. The second-order valence-corrected chi connectivity index (χ2v) is 2.18. The van der Waals surface area contributed by atoms with Crippen molar-refractivity contribution in [1.82, 2.24) is 0 Å². The van der Waals surface area contributed by atoms with Crippen LogP contribution in [0, 0.1) is 0 Å². The van der Waals surface area contributed by atoms with Crippen LogP contribution in [-0.4, -0.2) is 32.0 Å². The molecule has 1 saturated heterocycles. The molecule has 0 aromatic rings. The Labute approximate surface area is 58.1 Å². The van der Waals surface area contributed by atoms with Gasteiger partial charge in [-0.05, 0) is 0 Å².